The Balaban J connectivity index is 1.49. The topological polar surface area (TPSA) is 137 Å². The van der Waals surface area contributed by atoms with Gasteiger partial charge in [0, 0.05) is 24.6 Å². The molecule has 0 unspecified atom stereocenters. The van der Waals surface area contributed by atoms with Crippen molar-refractivity contribution in [2.45, 2.75) is 23.9 Å². The fourth-order valence-electron chi connectivity index (χ4n) is 3.82. The molecular formula is C28H26N4O5S. The summed E-state index contributed by atoms with van der Waals surface area (Å²) in [6.07, 6.45) is 2.92. The Kier molecular flexibility index (Phi) is 8.47. The number of anilines is 1. The standard InChI is InChI=1S/C28H26N4O5S/c33-27(34)17-26(21-8-2-1-3-9-21)32-38(36,37)25-13-5-11-23(16-25)22-10-4-12-24(15-22)31-28(35)30-19-20-7-6-14-29-18-20/h1-16,18,26,32H,17,19H2,(H,33,34)(H2,30,31,35)/t26-/m1/s1. The van der Waals surface area contributed by atoms with E-state index in [4.69, 9.17) is 0 Å². The van der Waals surface area contributed by atoms with Gasteiger partial charge in [0.25, 0.3) is 0 Å². The highest BCUT2D eigenvalue weighted by molar-refractivity contribution is 7.89. The summed E-state index contributed by atoms with van der Waals surface area (Å²) in [5, 5.41) is 14.8. The SMILES string of the molecule is O=C(O)C[C@@H](NS(=O)(=O)c1cccc(-c2cccc(NC(=O)NCc3cccnc3)c2)c1)c1ccccc1. The van der Waals surface area contributed by atoms with Gasteiger partial charge >= 0.3 is 12.0 Å². The van der Waals surface area contributed by atoms with Gasteiger partial charge in [-0.05, 0) is 52.6 Å². The van der Waals surface area contributed by atoms with Gasteiger partial charge < -0.3 is 15.7 Å². The minimum atomic E-state index is -4.04. The molecule has 4 aromatic rings. The lowest BCUT2D eigenvalue weighted by atomic mass is 10.1. The maximum absolute atomic E-state index is 13.2. The van der Waals surface area contributed by atoms with Crippen molar-refractivity contribution >= 4 is 27.7 Å². The fourth-order valence-corrected chi connectivity index (χ4v) is 5.09. The van der Waals surface area contributed by atoms with Crippen LogP contribution in [0.3, 0.4) is 0 Å². The molecule has 2 amide bonds. The van der Waals surface area contributed by atoms with E-state index in [2.05, 4.69) is 20.3 Å². The predicted octanol–water partition coefficient (Wildman–Crippen LogP) is 4.56. The van der Waals surface area contributed by atoms with Crippen LogP contribution in [0.2, 0.25) is 0 Å². The number of carboxylic acid groups (broad SMARTS) is 1. The van der Waals surface area contributed by atoms with Crippen molar-refractivity contribution in [2.75, 3.05) is 5.32 Å². The van der Waals surface area contributed by atoms with Crippen molar-refractivity contribution in [3.63, 3.8) is 0 Å². The number of sulfonamides is 1. The lowest BCUT2D eigenvalue weighted by Crippen LogP contribution is -2.30. The summed E-state index contributed by atoms with van der Waals surface area (Å²) in [6, 6.07) is 24.2. The highest BCUT2D eigenvalue weighted by atomic mass is 32.2. The van der Waals surface area contributed by atoms with Crippen LogP contribution in [0.15, 0.2) is 108 Å². The van der Waals surface area contributed by atoms with Crippen LogP contribution in [-0.4, -0.2) is 30.5 Å². The summed E-state index contributed by atoms with van der Waals surface area (Å²) in [5.74, 6) is -1.12. The first-order chi connectivity index (χ1) is 18.3. The molecule has 0 radical (unpaired) electrons. The number of nitrogens with one attached hydrogen (secondary N) is 3. The van der Waals surface area contributed by atoms with Gasteiger partial charge in [0.2, 0.25) is 10.0 Å². The molecule has 1 heterocycles. The number of hydrogen-bond acceptors (Lipinski definition) is 5. The molecule has 9 nitrogen and oxygen atoms in total. The first-order valence-corrected chi connectivity index (χ1v) is 13.2. The zero-order valence-corrected chi connectivity index (χ0v) is 21.1. The molecule has 0 saturated carbocycles. The van der Waals surface area contributed by atoms with E-state index >= 15 is 0 Å². The number of hydrogen-bond donors (Lipinski definition) is 4. The van der Waals surface area contributed by atoms with Gasteiger partial charge in [0.15, 0.2) is 0 Å². The zero-order chi connectivity index (χ0) is 27.0. The molecule has 4 N–H and O–H groups in total. The number of aromatic nitrogens is 1. The van der Waals surface area contributed by atoms with Crippen molar-refractivity contribution < 1.29 is 23.1 Å². The fraction of sp³-hybridized carbons (Fsp3) is 0.107. The maximum atomic E-state index is 13.2. The molecule has 0 aliphatic carbocycles. The largest absolute Gasteiger partial charge is 0.481 e. The molecule has 10 heteroatoms. The number of benzene rings is 3. The van der Waals surface area contributed by atoms with E-state index in [1.165, 1.54) is 12.1 Å². The molecule has 1 aromatic heterocycles. The molecule has 0 saturated heterocycles. The van der Waals surface area contributed by atoms with Crippen LogP contribution in [0.1, 0.15) is 23.6 Å². The number of carbonyl (C=O) groups excluding carboxylic acids is 1. The normalized spacial score (nSPS) is 11.9. The summed E-state index contributed by atoms with van der Waals surface area (Å²) in [6.45, 7) is 0.318. The van der Waals surface area contributed by atoms with E-state index in [9.17, 15) is 23.1 Å². The Morgan fingerprint density at radius 3 is 2.32 bits per heavy atom. The van der Waals surface area contributed by atoms with Gasteiger partial charge in [-0.3, -0.25) is 9.78 Å². The van der Waals surface area contributed by atoms with Gasteiger partial charge in [-0.2, -0.15) is 0 Å². The Morgan fingerprint density at radius 1 is 0.868 bits per heavy atom. The highest BCUT2D eigenvalue weighted by Crippen LogP contribution is 2.26. The number of amides is 2. The second kappa shape index (κ2) is 12.1. The molecule has 1 atom stereocenters. The smallest absolute Gasteiger partial charge is 0.319 e. The number of rotatable bonds is 10. The molecule has 38 heavy (non-hydrogen) atoms. The third kappa shape index (κ3) is 7.25. The monoisotopic (exact) mass is 530 g/mol. The van der Waals surface area contributed by atoms with E-state index in [0.29, 0.717) is 28.9 Å². The summed E-state index contributed by atoms with van der Waals surface area (Å²) in [5.41, 5.74) is 3.25. The average molecular weight is 531 g/mol. The average Bonchev–Trinajstić information content (AvgIpc) is 2.92. The van der Waals surface area contributed by atoms with Crippen molar-refractivity contribution in [3.05, 3.63) is 115 Å². The van der Waals surface area contributed by atoms with E-state index < -0.39 is 34.5 Å². The lowest BCUT2D eigenvalue weighted by Gasteiger charge is -2.18. The van der Waals surface area contributed by atoms with Crippen LogP contribution >= 0.6 is 0 Å². The Labute approximate surface area is 220 Å². The quantitative estimate of drug-likeness (QED) is 0.237. The van der Waals surface area contributed by atoms with Crippen LogP contribution < -0.4 is 15.4 Å². The Morgan fingerprint density at radius 2 is 1.61 bits per heavy atom. The van der Waals surface area contributed by atoms with Crippen molar-refractivity contribution in [1.82, 2.24) is 15.0 Å². The third-order valence-electron chi connectivity index (χ3n) is 5.65. The lowest BCUT2D eigenvalue weighted by molar-refractivity contribution is -0.137. The second-order valence-electron chi connectivity index (χ2n) is 8.46. The molecule has 0 aliphatic rings. The first-order valence-electron chi connectivity index (χ1n) is 11.7. The van der Waals surface area contributed by atoms with Crippen LogP contribution in [0.25, 0.3) is 11.1 Å². The molecule has 3 aromatic carbocycles. The minimum absolute atomic E-state index is 0.00565. The summed E-state index contributed by atoms with van der Waals surface area (Å²) < 4.78 is 28.9. The van der Waals surface area contributed by atoms with Crippen molar-refractivity contribution in [2.24, 2.45) is 0 Å². The Hall–Kier alpha value is -4.54. The summed E-state index contributed by atoms with van der Waals surface area (Å²) in [4.78, 5) is 27.7. The second-order valence-corrected chi connectivity index (χ2v) is 10.2. The number of pyridine rings is 1. The van der Waals surface area contributed by atoms with E-state index in [1.54, 1.807) is 85.2 Å². The minimum Gasteiger partial charge on any atom is -0.481 e. The Bertz CT molecular complexity index is 1510. The molecule has 4 rings (SSSR count). The number of nitrogens with zero attached hydrogens (tertiary/aromatic N) is 1. The van der Waals surface area contributed by atoms with E-state index in [0.717, 1.165) is 5.56 Å². The molecule has 0 aliphatic heterocycles. The van der Waals surface area contributed by atoms with E-state index in [1.807, 2.05) is 6.07 Å². The predicted molar refractivity (Wildman–Crippen MR) is 144 cm³/mol. The van der Waals surface area contributed by atoms with Gasteiger partial charge in [-0.1, -0.05) is 60.7 Å². The van der Waals surface area contributed by atoms with Gasteiger partial charge in [-0.15, -0.1) is 0 Å². The van der Waals surface area contributed by atoms with Crippen molar-refractivity contribution in [3.8, 4) is 11.1 Å². The summed E-state index contributed by atoms with van der Waals surface area (Å²) in [7, 11) is -4.04. The van der Waals surface area contributed by atoms with Crippen LogP contribution in [0, 0.1) is 0 Å². The molecule has 0 fully saturated rings. The van der Waals surface area contributed by atoms with Gasteiger partial charge in [0.1, 0.15) is 0 Å². The third-order valence-corrected chi connectivity index (χ3v) is 7.12. The summed E-state index contributed by atoms with van der Waals surface area (Å²) >= 11 is 0. The maximum Gasteiger partial charge on any atom is 0.319 e. The van der Waals surface area contributed by atoms with E-state index in [-0.39, 0.29) is 4.90 Å². The number of carbonyl (C=O) groups is 2. The van der Waals surface area contributed by atoms with Crippen LogP contribution in [0.4, 0.5) is 10.5 Å². The molecule has 194 valence electrons. The van der Waals surface area contributed by atoms with Gasteiger partial charge in [0.05, 0.1) is 17.4 Å². The molecular weight excluding hydrogens is 504 g/mol. The van der Waals surface area contributed by atoms with Crippen molar-refractivity contribution in [1.29, 1.82) is 0 Å². The number of carboxylic acids is 1. The van der Waals surface area contributed by atoms with Crippen LogP contribution in [-0.2, 0) is 21.4 Å². The zero-order valence-electron chi connectivity index (χ0n) is 20.2. The number of urea groups is 1. The van der Waals surface area contributed by atoms with Gasteiger partial charge in [-0.25, -0.2) is 17.9 Å². The highest BCUT2D eigenvalue weighted by Gasteiger charge is 2.24. The van der Waals surface area contributed by atoms with Crippen LogP contribution in [0.5, 0.6) is 0 Å². The molecule has 0 bridgehead atoms. The molecule has 0 spiro atoms. The number of aliphatic carboxylic acids is 1. The first kappa shape index (κ1) is 26.5.